The van der Waals surface area contributed by atoms with E-state index in [1.807, 2.05) is 24.3 Å². The number of para-hydroxylation sites is 1. The van der Waals surface area contributed by atoms with Gasteiger partial charge in [0, 0.05) is 17.8 Å². The summed E-state index contributed by atoms with van der Waals surface area (Å²) in [6.07, 6.45) is 2.85. The molecule has 1 N–H and O–H groups in total. The lowest BCUT2D eigenvalue weighted by Crippen LogP contribution is -2.18. The molecule has 10 heteroatoms. The second kappa shape index (κ2) is 8.80. The Balaban J connectivity index is 1.51. The molecular formula is C20H13N5O3S2. The van der Waals surface area contributed by atoms with Crippen molar-refractivity contribution in [2.45, 2.75) is 9.24 Å². The summed E-state index contributed by atoms with van der Waals surface area (Å²) in [5.41, 5.74) is 3.86. The molecule has 148 valence electrons. The van der Waals surface area contributed by atoms with Gasteiger partial charge in [0.15, 0.2) is 4.34 Å². The maximum absolute atomic E-state index is 11.9. The monoisotopic (exact) mass is 435 g/mol. The molecule has 4 rings (SSSR count). The van der Waals surface area contributed by atoms with Crippen molar-refractivity contribution >= 4 is 51.1 Å². The molecule has 1 amide bonds. The molecule has 0 fully saturated rings. The maximum atomic E-state index is 11.9. The van der Waals surface area contributed by atoms with E-state index in [4.69, 9.17) is 0 Å². The highest BCUT2D eigenvalue weighted by Crippen LogP contribution is 2.38. The van der Waals surface area contributed by atoms with Gasteiger partial charge in [-0.3, -0.25) is 19.9 Å². The van der Waals surface area contributed by atoms with Crippen molar-refractivity contribution in [2.24, 2.45) is 5.10 Å². The standard InChI is InChI=1S/C20H13N5O3S2/c26-19(15-6-3-4-10-21-15)24-22-12-13-8-9-18(16(11-13)25(27)28)30-20-23-14-5-1-2-7-17(14)29-20/h1-12H,(H,24,26)/b22-12-. The van der Waals surface area contributed by atoms with Crippen LogP contribution in [0.2, 0.25) is 0 Å². The lowest BCUT2D eigenvalue weighted by atomic mass is 10.2. The minimum atomic E-state index is -0.468. The average molecular weight is 435 g/mol. The third kappa shape index (κ3) is 4.50. The van der Waals surface area contributed by atoms with Gasteiger partial charge in [0.1, 0.15) is 5.69 Å². The summed E-state index contributed by atoms with van der Waals surface area (Å²) >= 11 is 2.73. The number of nitrogens with zero attached hydrogens (tertiary/aromatic N) is 4. The third-order valence-electron chi connectivity index (χ3n) is 3.93. The van der Waals surface area contributed by atoms with Crippen LogP contribution in [0.25, 0.3) is 10.2 Å². The number of pyridine rings is 1. The van der Waals surface area contributed by atoms with E-state index in [-0.39, 0.29) is 11.4 Å². The second-order valence-corrected chi connectivity index (χ2v) is 8.27. The summed E-state index contributed by atoms with van der Waals surface area (Å²) in [6.45, 7) is 0. The summed E-state index contributed by atoms with van der Waals surface area (Å²) in [7, 11) is 0. The van der Waals surface area contributed by atoms with Crippen LogP contribution in [-0.2, 0) is 0 Å². The Morgan fingerprint density at radius 1 is 1.17 bits per heavy atom. The number of carbonyl (C=O) groups is 1. The van der Waals surface area contributed by atoms with Crippen molar-refractivity contribution in [2.75, 3.05) is 0 Å². The zero-order valence-corrected chi connectivity index (χ0v) is 16.9. The second-order valence-electron chi connectivity index (χ2n) is 5.95. The lowest BCUT2D eigenvalue weighted by molar-refractivity contribution is -0.387. The number of nitro groups is 1. The molecule has 0 radical (unpaired) electrons. The molecule has 30 heavy (non-hydrogen) atoms. The van der Waals surface area contributed by atoms with Crippen molar-refractivity contribution in [1.82, 2.24) is 15.4 Å². The van der Waals surface area contributed by atoms with Gasteiger partial charge in [0.2, 0.25) is 0 Å². The van der Waals surface area contributed by atoms with Crippen LogP contribution in [0.3, 0.4) is 0 Å². The Labute approximate surface area is 178 Å². The van der Waals surface area contributed by atoms with E-state index in [0.717, 1.165) is 14.6 Å². The van der Waals surface area contributed by atoms with Gasteiger partial charge in [-0.05, 0) is 30.3 Å². The molecule has 2 aromatic carbocycles. The predicted molar refractivity (Wildman–Crippen MR) is 116 cm³/mol. The number of carbonyl (C=O) groups excluding carboxylic acids is 1. The fourth-order valence-electron chi connectivity index (χ4n) is 2.55. The molecule has 0 spiro atoms. The molecule has 0 aliphatic rings. The molecule has 0 atom stereocenters. The fourth-order valence-corrected chi connectivity index (χ4v) is 4.66. The minimum absolute atomic E-state index is 0.0562. The zero-order valence-electron chi connectivity index (χ0n) is 15.3. The Morgan fingerprint density at radius 2 is 2.00 bits per heavy atom. The van der Waals surface area contributed by atoms with Crippen molar-refractivity contribution in [3.8, 4) is 0 Å². The van der Waals surface area contributed by atoms with Crippen LogP contribution < -0.4 is 5.43 Å². The Bertz CT molecular complexity index is 1220. The molecule has 0 bridgehead atoms. The highest BCUT2D eigenvalue weighted by molar-refractivity contribution is 8.01. The number of rotatable bonds is 6. The van der Waals surface area contributed by atoms with Crippen LogP contribution in [0.4, 0.5) is 5.69 Å². The fraction of sp³-hybridized carbons (Fsp3) is 0. The number of nitrogens with one attached hydrogen (secondary N) is 1. The van der Waals surface area contributed by atoms with Crippen LogP contribution >= 0.6 is 23.1 Å². The molecule has 0 unspecified atom stereocenters. The van der Waals surface area contributed by atoms with Gasteiger partial charge >= 0.3 is 0 Å². The normalized spacial score (nSPS) is 11.1. The Morgan fingerprint density at radius 3 is 2.77 bits per heavy atom. The first-order valence-corrected chi connectivity index (χ1v) is 10.3. The van der Waals surface area contributed by atoms with Crippen LogP contribution in [0.1, 0.15) is 16.1 Å². The van der Waals surface area contributed by atoms with E-state index in [1.54, 1.807) is 30.3 Å². The molecular weight excluding hydrogens is 422 g/mol. The molecule has 0 aliphatic carbocycles. The van der Waals surface area contributed by atoms with Crippen LogP contribution in [-0.4, -0.2) is 27.0 Å². The van der Waals surface area contributed by atoms with Crippen LogP contribution in [0.15, 0.2) is 81.2 Å². The van der Waals surface area contributed by atoms with Gasteiger partial charge in [-0.15, -0.1) is 11.3 Å². The van der Waals surface area contributed by atoms with Gasteiger partial charge in [0.25, 0.3) is 11.6 Å². The van der Waals surface area contributed by atoms with Crippen molar-refractivity contribution < 1.29 is 9.72 Å². The number of amides is 1. The first kappa shape index (κ1) is 19.7. The lowest BCUT2D eigenvalue weighted by Gasteiger charge is -2.02. The first-order chi connectivity index (χ1) is 14.6. The van der Waals surface area contributed by atoms with Crippen molar-refractivity contribution in [1.29, 1.82) is 0 Å². The van der Waals surface area contributed by atoms with Crippen molar-refractivity contribution in [3.63, 3.8) is 0 Å². The number of nitro benzene ring substituents is 1. The van der Waals surface area contributed by atoms with Crippen LogP contribution in [0, 0.1) is 10.1 Å². The summed E-state index contributed by atoms with van der Waals surface area (Å²) < 4.78 is 1.75. The zero-order chi connectivity index (χ0) is 20.9. The minimum Gasteiger partial charge on any atom is -0.266 e. The molecule has 0 saturated carbocycles. The Kier molecular flexibility index (Phi) is 5.77. The molecule has 8 nitrogen and oxygen atoms in total. The summed E-state index contributed by atoms with van der Waals surface area (Å²) in [5, 5.41) is 15.4. The van der Waals surface area contributed by atoms with Gasteiger partial charge < -0.3 is 0 Å². The van der Waals surface area contributed by atoms with E-state index in [9.17, 15) is 14.9 Å². The quantitative estimate of drug-likeness (QED) is 0.271. The van der Waals surface area contributed by atoms with Gasteiger partial charge in [-0.25, -0.2) is 10.4 Å². The van der Waals surface area contributed by atoms with E-state index in [0.29, 0.717) is 10.5 Å². The third-order valence-corrected chi connectivity index (χ3v) is 6.09. The SMILES string of the molecule is O=C(N/N=C\c1ccc(Sc2nc3ccccc3s2)c([N+](=O)[O-])c1)c1ccccn1. The number of hydrogen-bond acceptors (Lipinski definition) is 8. The smallest absolute Gasteiger partial charge is 0.266 e. The summed E-state index contributed by atoms with van der Waals surface area (Å²) in [5.74, 6) is -0.468. The van der Waals surface area contributed by atoms with E-state index in [2.05, 4.69) is 20.5 Å². The van der Waals surface area contributed by atoms with E-state index in [1.165, 1.54) is 41.6 Å². The van der Waals surface area contributed by atoms with Crippen molar-refractivity contribution in [3.05, 3.63) is 88.2 Å². The number of hydrogen-bond donors (Lipinski definition) is 1. The highest BCUT2D eigenvalue weighted by atomic mass is 32.2. The molecule has 0 saturated heterocycles. The van der Waals surface area contributed by atoms with Gasteiger partial charge in [0.05, 0.1) is 26.3 Å². The largest absolute Gasteiger partial charge is 0.289 e. The highest BCUT2D eigenvalue weighted by Gasteiger charge is 2.17. The van der Waals surface area contributed by atoms with Gasteiger partial charge in [-0.2, -0.15) is 5.10 Å². The number of hydrazone groups is 1. The summed E-state index contributed by atoms with van der Waals surface area (Å²) in [6, 6.07) is 17.4. The number of aromatic nitrogens is 2. The first-order valence-electron chi connectivity index (χ1n) is 8.66. The van der Waals surface area contributed by atoms with E-state index >= 15 is 0 Å². The molecule has 2 aromatic heterocycles. The number of fused-ring (bicyclic) bond motifs is 1. The number of thiazole rings is 1. The molecule has 2 heterocycles. The average Bonchev–Trinajstić information content (AvgIpc) is 3.17. The van der Waals surface area contributed by atoms with Crippen LogP contribution in [0.5, 0.6) is 0 Å². The van der Waals surface area contributed by atoms with E-state index < -0.39 is 10.8 Å². The summed E-state index contributed by atoms with van der Waals surface area (Å²) in [4.78, 5) is 32.0. The maximum Gasteiger partial charge on any atom is 0.289 e. The molecule has 0 aliphatic heterocycles. The Hall–Kier alpha value is -3.63. The number of benzene rings is 2. The topological polar surface area (TPSA) is 110 Å². The molecule has 4 aromatic rings. The predicted octanol–water partition coefficient (Wildman–Crippen LogP) is 4.51. The van der Waals surface area contributed by atoms with Gasteiger partial charge in [-0.1, -0.05) is 36.0 Å².